The van der Waals surface area contributed by atoms with Gasteiger partial charge in [-0.2, -0.15) is 0 Å². The number of carbonyl (C=O) groups excluding carboxylic acids is 1. The normalized spacial score (nSPS) is 11.2. The van der Waals surface area contributed by atoms with E-state index >= 15 is 0 Å². The highest BCUT2D eigenvalue weighted by Gasteiger charge is 2.18. The van der Waals surface area contributed by atoms with E-state index in [9.17, 15) is 13.2 Å². The summed E-state index contributed by atoms with van der Waals surface area (Å²) >= 11 is 12.1. The van der Waals surface area contributed by atoms with Crippen LogP contribution in [0.25, 0.3) is 0 Å². The molecule has 0 atom stereocenters. The Kier molecular flexibility index (Phi) is 6.71. The molecule has 0 saturated heterocycles. The maximum atomic E-state index is 12.6. The summed E-state index contributed by atoms with van der Waals surface area (Å²) in [5, 5.41) is 3.86. The number of sulfonamides is 1. The highest BCUT2D eigenvalue weighted by atomic mass is 35.5. The summed E-state index contributed by atoms with van der Waals surface area (Å²) in [7, 11) is -3.53. The molecule has 0 aliphatic rings. The largest absolute Gasteiger partial charge is 0.322 e. The van der Waals surface area contributed by atoms with E-state index in [0.717, 1.165) is 17.4 Å². The first-order chi connectivity index (χ1) is 14.1. The van der Waals surface area contributed by atoms with Gasteiger partial charge in [-0.15, -0.1) is 0 Å². The molecule has 0 saturated carbocycles. The van der Waals surface area contributed by atoms with Gasteiger partial charge in [0.05, 0.1) is 18.5 Å². The number of hydrogen-bond acceptors (Lipinski definition) is 3. The molecular weight excluding hydrogens is 443 g/mol. The van der Waals surface area contributed by atoms with Gasteiger partial charge in [0.1, 0.15) is 0 Å². The van der Waals surface area contributed by atoms with Crippen LogP contribution in [-0.4, -0.2) is 20.6 Å². The Morgan fingerprint density at radius 1 is 1.00 bits per heavy atom. The van der Waals surface area contributed by atoms with Crippen LogP contribution >= 0.6 is 23.2 Å². The van der Waals surface area contributed by atoms with Crippen molar-refractivity contribution in [3.05, 3.63) is 93.5 Å². The minimum Gasteiger partial charge on any atom is -0.322 e. The van der Waals surface area contributed by atoms with Crippen LogP contribution in [0.5, 0.6) is 0 Å². The van der Waals surface area contributed by atoms with Crippen molar-refractivity contribution >= 4 is 50.5 Å². The van der Waals surface area contributed by atoms with Crippen LogP contribution in [0.4, 0.5) is 11.4 Å². The standard InChI is InChI=1S/C22H20Cl2N2O3S/c1-15-20(24)7-4-8-21(15)25-22(27)17-11-9-16(10-12-17)14-26(30(2,28)29)19-6-3-5-18(23)13-19/h3-13H,14H2,1-2H3,(H,25,27). The van der Waals surface area contributed by atoms with E-state index < -0.39 is 10.0 Å². The lowest BCUT2D eigenvalue weighted by atomic mass is 10.1. The Balaban J connectivity index is 1.78. The fourth-order valence-corrected chi connectivity index (χ4v) is 4.14. The molecule has 0 aliphatic heterocycles. The van der Waals surface area contributed by atoms with Gasteiger partial charge in [0.15, 0.2) is 0 Å². The highest BCUT2D eigenvalue weighted by Crippen LogP contribution is 2.25. The van der Waals surface area contributed by atoms with E-state index in [1.54, 1.807) is 66.7 Å². The number of rotatable bonds is 6. The van der Waals surface area contributed by atoms with E-state index in [1.807, 2.05) is 6.92 Å². The number of nitrogens with one attached hydrogen (secondary N) is 1. The first-order valence-corrected chi connectivity index (χ1v) is 11.6. The first-order valence-electron chi connectivity index (χ1n) is 9.04. The SMILES string of the molecule is Cc1c(Cl)cccc1NC(=O)c1ccc(CN(c2cccc(Cl)c2)S(C)(=O)=O)cc1. The van der Waals surface area contributed by atoms with E-state index in [2.05, 4.69) is 5.32 Å². The molecule has 3 aromatic carbocycles. The maximum absolute atomic E-state index is 12.6. The Morgan fingerprint density at radius 2 is 1.67 bits per heavy atom. The van der Waals surface area contributed by atoms with Gasteiger partial charge >= 0.3 is 0 Å². The average molecular weight is 463 g/mol. The lowest BCUT2D eigenvalue weighted by molar-refractivity contribution is 0.102. The second-order valence-corrected chi connectivity index (χ2v) is 9.56. The molecule has 0 heterocycles. The molecule has 0 aliphatic carbocycles. The van der Waals surface area contributed by atoms with Crippen LogP contribution in [0.2, 0.25) is 10.0 Å². The molecule has 0 spiro atoms. The summed E-state index contributed by atoms with van der Waals surface area (Å²) in [5.41, 5.74) is 3.08. The van der Waals surface area contributed by atoms with Crippen LogP contribution in [0.1, 0.15) is 21.5 Å². The Morgan fingerprint density at radius 3 is 2.30 bits per heavy atom. The number of nitrogens with zero attached hydrogens (tertiary/aromatic N) is 1. The fraction of sp³-hybridized carbons (Fsp3) is 0.136. The van der Waals surface area contributed by atoms with Gasteiger partial charge in [-0.25, -0.2) is 8.42 Å². The summed E-state index contributed by atoms with van der Waals surface area (Å²) in [6.07, 6.45) is 1.14. The molecule has 1 amide bonds. The van der Waals surface area contributed by atoms with E-state index in [-0.39, 0.29) is 12.5 Å². The molecule has 0 aromatic heterocycles. The molecule has 8 heteroatoms. The quantitative estimate of drug-likeness (QED) is 0.524. The van der Waals surface area contributed by atoms with Gasteiger partial charge in [-0.05, 0) is 60.5 Å². The average Bonchev–Trinajstić information content (AvgIpc) is 2.69. The van der Waals surface area contributed by atoms with Gasteiger partial charge in [0, 0.05) is 21.3 Å². The van der Waals surface area contributed by atoms with Crippen molar-refractivity contribution in [1.29, 1.82) is 0 Å². The summed E-state index contributed by atoms with van der Waals surface area (Å²) in [6, 6.07) is 18.7. The Hall–Kier alpha value is -2.54. The van der Waals surface area contributed by atoms with Crippen LogP contribution in [-0.2, 0) is 16.6 Å². The van der Waals surface area contributed by atoms with Crippen LogP contribution in [0.3, 0.4) is 0 Å². The molecule has 156 valence electrons. The Bertz CT molecular complexity index is 1180. The second-order valence-electron chi connectivity index (χ2n) is 6.81. The zero-order valence-electron chi connectivity index (χ0n) is 16.4. The van der Waals surface area contributed by atoms with Crippen molar-refractivity contribution in [2.75, 3.05) is 15.9 Å². The summed E-state index contributed by atoms with van der Waals surface area (Å²) in [4.78, 5) is 12.6. The summed E-state index contributed by atoms with van der Waals surface area (Å²) in [5.74, 6) is -0.276. The lowest BCUT2D eigenvalue weighted by Gasteiger charge is -2.22. The second kappa shape index (κ2) is 9.08. The molecule has 1 N–H and O–H groups in total. The number of anilines is 2. The molecule has 0 bridgehead atoms. The molecule has 3 aromatic rings. The third-order valence-corrected chi connectivity index (χ3v) is 6.34. The molecule has 0 radical (unpaired) electrons. The summed E-state index contributed by atoms with van der Waals surface area (Å²) < 4.78 is 25.9. The van der Waals surface area contributed by atoms with Gasteiger partial charge < -0.3 is 5.32 Å². The van der Waals surface area contributed by atoms with Crippen molar-refractivity contribution in [3.8, 4) is 0 Å². The molecule has 5 nitrogen and oxygen atoms in total. The Labute approximate surface area is 186 Å². The van der Waals surface area contributed by atoms with Crippen LogP contribution in [0, 0.1) is 6.92 Å². The fourth-order valence-electron chi connectivity index (χ4n) is 2.90. The number of amides is 1. The van der Waals surface area contributed by atoms with Crippen molar-refractivity contribution in [3.63, 3.8) is 0 Å². The molecular formula is C22H20Cl2N2O3S. The van der Waals surface area contributed by atoms with Gasteiger partial charge in [0.2, 0.25) is 10.0 Å². The molecule has 0 unspecified atom stereocenters. The first kappa shape index (κ1) is 22.2. The number of carbonyl (C=O) groups is 1. The van der Waals surface area contributed by atoms with Gasteiger partial charge in [0.25, 0.3) is 5.91 Å². The minimum absolute atomic E-state index is 0.120. The lowest BCUT2D eigenvalue weighted by Crippen LogP contribution is -2.29. The van der Waals surface area contributed by atoms with Gasteiger partial charge in [-0.1, -0.05) is 47.5 Å². The molecule has 3 rings (SSSR count). The smallest absolute Gasteiger partial charge is 0.255 e. The number of halogens is 2. The van der Waals surface area contributed by atoms with Crippen LogP contribution < -0.4 is 9.62 Å². The predicted molar refractivity (Wildman–Crippen MR) is 123 cm³/mol. The maximum Gasteiger partial charge on any atom is 0.255 e. The van der Waals surface area contributed by atoms with Crippen molar-refractivity contribution in [1.82, 2.24) is 0 Å². The number of benzene rings is 3. The minimum atomic E-state index is -3.53. The highest BCUT2D eigenvalue weighted by molar-refractivity contribution is 7.92. The van der Waals surface area contributed by atoms with Crippen molar-refractivity contribution in [2.24, 2.45) is 0 Å². The predicted octanol–water partition coefficient (Wildman–Crippen LogP) is 5.52. The zero-order valence-corrected chi connectivity index (χ0v) is 18.7. The number of hydrogen-bond donors (Lipinski definition) is 1. The topological polar surface area (TPSA) is 66.5 Å². The monoisotopic (exact) mass is 462 g/mol. The van der Waals surface area contributed by atoms with Gasteiger partial charge in [-0.3, -0.25) is 9.10 Å². The van der Waals surface area contributed by atoms with E-state index in [1.165, 1.54) is 4.31 Å². The van der Waals surface area contributed by atoms with Crippen LogP contribution in [0.15, 0.2) is 66.7 Å². The van der Waals surface area contributed by atoms with Crippen molar-refractivity contribution in [2.45, 2.75) is 13.5 Å². The summed E-state index contributed by atoms with van der Waals surface area (Å²) in [6.45, 7) is 1.95. The third kappa shape index (κ3) is 5.33. The van der Waals surface area contributed by atoms with E-state index in [4.69, 9.17) is 23.2 Å². The molecule has 30 heavy (non-hydrogen) atoms. The third-order valence-electron chi connectivity index (χ3n) is 4.55. The van der Waals surface area contributed by atoms with Crippen molar-refractivity contribution < 1.29 is 13.2 Å². The van der Waals surface area contributed by atoms with E-state index in [0.29, 0.717) is 27.0 Å². The molecule has 0 fully saturated rings. The zero-order chi connectivity index (χ0) is 21.9.